The van der Waals surface area contributed by atoms with Gasteiger partial charge < -0.3 is 20.7 Å². The molecule has 110 valence electrons. The highest BCUT2D eigenvalue weighted by Crippen LogP contribution is 2.28. The van der Waals surface area contributed by atoms with E-state index in [1.807, 2.05) is 6.92 Å². The summed E-state index contributed by atoms with van der Waals surface area (Å²) in [5.41, 5.74) is 1.29. The molecule has 1 aromatic rings. The molecule has 1 aromatic carbocycles. The highest BCUT2D eigenvalue weighted by molar-refractivity contribution is 5.90. The van der Waals surface area contributed by atoms with Gasteiger partial charge in [0.25, 0.3) is 0 Å². The van der Waals surface area contributed by atoms with Crippen molar-refractivity contribution in [3.05, 3.63) is 18.2 Å². The molecule has 0 aromatic heterocycles. The molecular formula is C14H21N3O3. The molecule has 1 rings (SSSR count). The van der Waals surface area contributed by atoms with Gasteiger partial charge in [0.2, 0.25) is 11.8 Å². The maximum atomic E-state index is 11.7. The number of rotatable bonds is 6. The molecule has 0 spiro atoms. The van der Waals surface area contributed by atoms with Crippen molar-refractivity contribution in [1.82, 2.24) is 5.32 Å². The van der Waals surface area contributed by atoms with Crippen LogP contribution in [0.25, 0.3) is 0 Å². The second-order valence-electron chi connectivity index (χ2n) is 4.36. The van der Waals surface area contributed by atoms with Crippen LogP contribution in [0.1, 0.15) is 20.8 Å². The highest BCUT2D eigenvalue weighted by atomic mass is 16.5. The molecule has 20 heavy (non-hydrogen) atoms. The third-order valence-electron chi connectivity index (χ3n) is 2.64. The van der Waals surface area contributed by atoms with Crippen LogP contribution >= 0.6 is 0 Å². The summed E-state index contributed by atoms with van der Waals surface area (Å²) in [4.78, 5) is 22.8. The summed E-state index contributed by atoms with van der Waals surface area (Å²) in [5, 5.41) is 8.50. The standard InChI is InChI=1S/C14H21N3O3/c1-5-15-14(19)9(2)16-12-8-11(17-10(3)18)6-7-13(12)20-4/h6-9,16H,5H2,1-4H3,(H,15,19)(H,17,18)/t9-/m1/s1. The predicted molar refractivity (Wildman–Crippen MR) is 79.1 cm³/mol. The maximum Gasteiger partial charge on any atom is 0.242 e. The fourth-order valence-corrected chi connectivity index (χ4v) is 1.73. The lowest BCUT2D eigenvalue weighted by Gasteiger charge is -2.18. The molecule has 0 aliphatic carbocycles. The first kappa shape index (κ1) is 15.8. The van der Waals surface area contributed by atoms with Crippen LogP contribution in [0.2, 0.25) is 0 Å². The normalized spacial score (nSPS) is 11.4. The van der Waals surface area contributed by atoms with Gasteiger partial charge in [-0.3, -0.25) is 9.59 Å². The number of hydrogen-bond acceptors (Lipinski definition) is 4. The van der Waals surface area contributed by atoms with Crippen molar-refractivity contribution < 1.29 is 14.3 Å². The third kappa shape index (κ3) is 4.46. The van der Waals surface area contributed by atoms with Crippen molar-refractivity contribution in [3.63, 3.8) is 0 Å². The van der Waals surface area contributed by atoms with Crippen molar-refractivity contribution in [2.75, 3.05) is 24.3 Å². The Bertz CT molecular complexity index is 489. The number of amides is 2. The molecule has 0 saturated carbocycles. The van der Waals surface area contributed by atoms with Gasteiger partial charge in [0.15, 0.2) is 0 Å². The first-order chi connectivity index (χ1) is 9.47. The molecule has 1 atom stereocenters. The van der Waals surface area contributed by atoms with E-state index in [1.54, 1.807) is 32.2 Å². The lowest BCUT2D eigenvalue weighted by Crippen LogP contribution is -2.37. The van der Waals surface area contributed by atoms with Crippen molar-refractivity contribution >= 4 is 23.2 Å². The zero-order valence-corrected chi connectivity index (χ0v) is 12.2. The van der Waals surface area contributed by atoms with Crippen LogP contribution in [0.4, 0.5) is 11.4 Å². The average Bonchev–Trinajstić information content (AvgIpc) is 2.38. The number of carbonyl (C=O) groups excluding carboxylic acids is 2. The van der Waals surface area contributed by atoms with Crippen LogP contribution < -0.4 is 20.7 Å². The van der Waals surface area contributed by atoms with E-state index in [0.717, 1.165) is 0 Å². The predicted octanol–water partition coefficient (Wildman–Crippen LogP) is 1.59. The molecule has 6 nitrogen and oxygen atoms in total. The minimum absolute atomic E-state index is 0.0977. The molecule has 0 unspecified atom stereocenters. The fraction of sp³-hybridized carbons (Fsp3) is 0.429. The number of likely N-dealkylation sites (N-methyl/N-ethyl adjacent to an activating group) is 1. The molecule has 0 saturated heterocycles. The van der Waals surface area contributed by atoms with Gasteiger partial charge >= 0.3 is 0 Å². The number of hydrogen-bond donors (Lipinski definition) is 3. The summed E-state index contributed by atoms with van der Waals surface area (Å²) in [5.74, 6) is 0.354. The van der Waals surface area contributed by atoms with Gasteiger partial charge in [-0.2, -0.15) is 0 Å². The summed E-state index contributed by atoms with van der Waals surface area (Å²) in [6.45, 7) is 5.64. The molecule has 6 heteroatoms. The second-order valence-corrected chi connectivity index (χ2v) is 4.36. The Labute approximate surface area is 118 Å². The molecule has 0 aliphatic heterocycles. The smallest absolute Gasteiger partial charge is 0.242 e. The van der Waals surface area contributed by atoms with Gasteiger partial charge in [0.1, 0.15) is 11.8 Å². The lowest BCUT2D eigenvalue weighted by molar-refractivity contribution is -0.121. The Balaban J connectivity index is 2.90. The number of carbonyl (C=O) groups is 2. The van der Waals surface area contributed by atoms with Crippen molar-refractivity contribution in [2.45, 2.75) is 26.8 Å². The second kappa shape index (κ2) is 7.37. The Kier molecular flexibility index (Phi) is 5.83. The number of ether oxygens (including phenoxy) is 1. The SMILES string of the molecule is CCNC(=O)[C@@H](C)Nc1cc(NC(C)=O)ccc1OC. The van der Waals surface area contributed by atoms with E-state index in [4.69, 9.17) is 4.74 Å². The van der Waals surface area contributed by atoms with E-state index >= 15 is 0 Å². The van der Waals surface area contributed by atoms with Crippen LogP contribution in [0.5, 0.6) is 5.75 Å². The van der Waals surface area contributed by atoms with Crippen LogP contribution in [0.15, 0.2) is 18.2 Å². The van der Waals surface area contributed by atoms with Gasteiger partial charge in [-0.25, -0.2) is 0 Å². The van der Waals surface area contributed by atoms with Gasteiger partial charge in [-0.1, -0.05) is 0 Å². The van der Waals surface area contributed by atoms with E-state index in [-0.39, 0.29) is 11.8 Å². The zero-order valence-electron chi connectivity index (χ0n) is 12.2. The molecule has 0 aliphatic rings. The van der Waals surface area contributed by atoms with Gasteiger partial charge in [0.05, 0.1) is 12.8 Å². The van der Waals surface area contributed by atoms with Crippen LogP contribution in [-0.4, -0.2) is 31.5 Å². The van der Waals surface area contributed by atoms with E-state index in [1.165, 1.54) is 6.92 Å². The first-order valence-corrected chi connectivity index (χ1v) is 6.47. The van der Waals surface area contributed by atoms with E-state index < -0.39 is 6.04 Å². The molecule has 0 bridgehead atoms. The minimum Gasteiger partial charge on any atom is -0.495 e. The number of benzene rings is 1. The van der Waals surface area contributed by atoms with Gasteiger partial charge in [-0.15, -0.1) is 0 Å². The zero-order chi connectivity index (χ0) is 15.1. The maximum absolute atomic E-state index is 11.7. The molecule has 0 radical (unpaired) electrons. The number of methoxy groups -OCH3 is 1. The highest BCUT2D eigenvalue weighted by Gasteiger charge is 2.14. The first-order valence-electron chi connectivity index (χ1n) is 6.47. The molecular weight excluding hydrogens is 258 g/mol. The Hall–Kier alpha value is -2.24. The number of nitrogens with one attached hydrogen (secondary N) is 3. The van der Waals surface area contributed by atoms with Crippen molar-refractivity contribution in [3.8, 4) is 5.75 Å². The Morgan fingerprint density at radius 2 is 2.05 bits per heavy atom. The largest absolute Gasteiger partial charge is 0.495 e. The van der Waals surface area contributed by atoms with E-state index in [0.29, 0.717) is 23.7 Å². The summed E-state index contributed by atoms with van der Waals surface area (Å²) < 4.78 is 5.24. The van der Waals surface area contributed by atoms with E-state index in [2.05, 4.69) is 16.0 Å². The van der Waals surface area contributed by atoms with Crippen molar-refractivity contribution in [1.29, 1.82) is 0 Å². The van der Waals surface area contributed by atoms with Crippen LogP contribution in [0, 0.1) is 0 Å². The summed E-state index contributed by atoms with van der Waals surface area (Å²) in [7, 11) is 1.55. The molecule has 2 amide bonds. The Morgan fingerprint density at radius 1 is 1.35 bits per heavy atom. The fourth-order valence-electron chi connectivity index (χ4n) is 1.73. The summed E-state index contributed by atoms with van der Waals surface area (Å²) >= 11 is 0. The van der Waals surface area contributed by atoms with Crippen LogP contribution in [0.3, 0.4) is 0 Å². The van der Waals surface area contributed by atoms with Crippen LogP contribution in [-0.2, 0) is 9.59 Å². The molecule has 0 fully saturated rings. The lowest BCUT2D eigenvalue weighted by atomic mass is 10.2. The summed E-state index contributed by atoms with van der Waals surface area (Å²) in [6.07, 6.45) is 0. The topological polar surface area (TPSA) is 79.5 Å². The number of anilines is 2. The minimum atomic E-state index is -0.406. The monoisotopic (exact) mass is 279 g/mol. The third-order valence-corrected chi connectivity index (χ3v) is 2.64. The Morgan fingerprint density at radius 3 is 2.60 bits per heavy atom. The molecule has 3 N–H and O–H groups in total. The van der Waals surface area contributed by atoms with Gasteiger partial charge in [0, 0.05) is 19.2 Å². The average molecular weight is 279 g/mol. The van der Waals surface area contributed by atoms with E-state index in [9.17, 15) is 9.59 Å². The van der Waals surface area contributed by atoms with Gasteiger partial charge in [-0.05, 0) is 32.0 Å². The van der Waals surface area contributed by atoms with Crippen molar-refractivity contribution in [2.24, 2.45) is 0 Å². The summed E-state index contributed by atoms with van der Waals surface area (Å²) in [6, 6.07) is 4.80. The quantitative estimate of drug-likeness (QED) is 0.739. The molecule has 0 heterocycles.